The van der Waals surface area contributed by atoms with E-state index in [9.17, 15) is 4.79 Å². The molecule has 1 aliphatic carbocycles. The van der Waals surface area contributed by atoms with E-state index in [1.54, 1.807) is 0 Å². The topological polar surface area (TPSA) is 35.6 Å². The maximum absolute atomic E-state index is 12.4. The minimum absolute atomic E-state index is 0.355. The number of hydrogen-bond donors (Lipinski definition) is 1. The Morgan fingerprint density at radius 3 is 2.47 bits per heavy atom. The zero-order valence-electron chi connectivity index (χ0n) is 10.7. The summed E-state index contributed by atoms with van der Waals surface area (Å²) in [6, 6.07) is 0. The standard InChI is InChI=1S/C13H23N3O/c1-15-6-8-16(9-7-15)12(17)11-10-13(11)2-4-14-5-3-13/h11,14H,2-10H2,1H3/t11-/m1/s1. The molecule has 1 saturated carbocycles. The van der Waals surface area contributed by atoms with Gasteiger partial charge in [0.05, 0.1) is 0 Å². The lowest BCUT2D eigenvalue weighted by Gasteiger charge is -2.33. The van der Waals surface area contributed by atoms with E-state index in [-0.39, 0.29) is 0 Å². The maximum atomic E-state index is 12.4. The first-order valence-electron chi connectivity index (χ1n) is 6.89. The van der Waals surface area contributed by atoms with Gasteiger partial charge in [-0.2, -0.15) is 0 Å². The SMILES string of the molecule is CN1CCN(C(=O)[C@H]2CC23CCNCC3)CC1. The Labute approximate surface area is 103 Å². The van der Waals surface area contributed by atoms with Crippen LogP contribution in [0.1, 0.15) is 19.3 Å². The van der Waals surface area contributed by atoms with Crippen molar-refractivity contribution in [2.45, 2.75) is 19.3 Å². The van der Waals surface area contributed by atoms with E-state index in [0.717, 1.165) is 45.7 Å². The molecule has 2 saturated heterocycles. The number of rotatable bonds is 1. The number of carbonyl (C=O) groups excluding carboxylic acids is 1. The Balaban J connectivity index is 1.57. The van der Waals surface area contributed by atoms with Crippen LogP contribution in [0.25, 0.3) is 0 Å². The molecule has 17 heavy (non-hydrogen) atoms. The second kappa shape index (κ2) is 4.25. The zero-order chi connectivity index (χ0) is 11.9. The van der Waals surface area contributed by atoms with Crippen LogP contribution in [-0.4, -0.2) is 62.0 Å². The number of piperazine rings is 1. The molecule has 1 amide bonds. The lowest BCUT2D eigenvalue weighted by Crippen LogP contribution is -2.48. The molecule has 0 radical (unpaired) electrons. The first kappa shape index (κ1) is 11.5. The highest BCUT2D eigenvalue weighted by Crippen LogP contribution is 2.59. The molecule has 0 aromatic carbocycles. The van der Waals surface area contributed by atoms with E-state index in [0.29, 0.717) is 17.2 Å². The van der Waals surface area contributed by atoms with E-state index in [1.165, 1.54) is 12.8 Å². The van der Waals surface area contributed by atoms with E-state index in [1.807, 2.05) is 0 Å². The predicted molar refractivity (Wildman–Crippen MR) is 66.7 cm³/mol. The number of piperidine rings is 1. The molecule has 2 heterocycles. The van der Waals surface area contributed by atoms with Crippen molar-refractivity contribution in [2.75, 3.05) is 46.3 Å². The molecule has 4 heteroatoms. The molecule has 1 spiro atoms. The van der Waals surface area contributed by atoms with Gasteiger partial charge in [0.15, 0.2) is 0 Å². The third kappa shape index (κ3) is 2.08. The third-order valence-electron chi connectivity index (χ3n) is 4.90. The summed E-state index contributed by atoms with van der Waals surface area (Å²) in [5, 5.41) is 3.39. The van der Waals surface area contributed by atoms with E-state index in [4.69, 9.17) is 0 Å². The molecule has 0 aromatic rings. The van der Waals surface area contributed by atoms with Crippen molar-refractivity contribution >= 4 is 5.91 Å². The molecule has 0 bridgehead atoms. The summed E-state index contributed by atoms with van der Waals surface area (Å²) in [5.74, 6) is 0.799. The van der Waals surface area contributed by atoms with E-state index < -0.39 is 0 Å². The summed E-state index contributed by atoms with van der Waals surface area (Å²) in [7, 11) is 2.13. The van der Waals surface area contributed by atoms with Gasteiger partial charge in [0.25, 0.3) is 0 Å². The van der Waals surface area contributed by atoms with E-state index in [2.05, 4.69) is 22.2 Å². The molecular weight excluding hydrogens is 214 g/mol. The van der Waals surface area contributed by atoms with Gasteiger partial charge in [-0.25, -0.2) is 0 Å². The van der Waals surface area contributed by atoms with Crippen molar-refractivity contribution < 1.29 is 4.79 Å². The van der Waals surface area contributed by atoms with Crippen molar-refractivity contribution in [1.82, 2.24) is 15.1 Å². The number of nitrogens with zero attached hydrogens (tertiary/aromatic N) is 2. The van der Waals surface area contributed by atoms with E-state index >= 15 is 0 Å². The van der Waals surface area contributed by atoms with Crippen LogP contribution in [0.4, 0.5) is 0 Å². The fourth-order valence-electron chi connectivity index (χ4n) is 3.42. The second-order valence-corrected chi connectivity index (χ2v) is 6.00. The van der Waals surface area contributed by atoms with Crippen LogP contribution in [0.2, 0.25) is 0 Å². The summed E-state index contributed by atoms with van der Waals surface area (Å²) in [6.07, 6.45) is 3.56. The first-order chi connectivity index (χ1) is 8.21. The van der Waals surface area contributed by atoms with Crippen molar-refractivity contribution in [3.63, 3.8) is 0 Å². The molecular formula is C13H23N3O. The molecule has 0 aromatic heterocycles. The highest BCUT2D eigenvalue weighted by atomic mass is 16.2. The lowest BCUT2D eigenvalue weighted by atomic mass is 9.91. The minimum atomic E-state index is 0.355. The van der Waals surface area contributed by atoms with Gasteiger partial charge in [0, 0.05) is 32.1 Å². The van der Waals surface area contributed by atoms with Gasteiger partial charge >= 0.3 is 0 Å². The fraction of sp³-hybridized carbons (Fsp3) is 0.923. The van der Waals surface area contributed by atoms with Crippen LogP contribution >= 0.6 is 0 Å². The van der Waals surface area contributed by atoms with Gasteiger partial charge in [0.2, 0.25) is 5.91 Å². The second-order valence-electron chi connectivity index (χ2n) is 6.00. The Morgan fingerprint density at radius 1 is 1.18 bits per heavy atom. The number of likely N-dealkylation sites (N-methyl/N-ethyl adjacent to an activating group) is 1. The predicted octanol–water partition coefficient (Wildman–Crippen LogP) is 0.150. The number of hydrogen-bond acceptors (Lipinski definition) is 3. The largest absolute Gasteiger partial charge is 0.340 e. The molecule has 96 valence electrons. The average molecular weight is 237 g/mol. The third-order valence-corrected chi connectivity index (χ3v) is 4.90. The fourth-order valence-corrected chi connectivity index (χ4v) is 3.42. The van der Waals surface area contributed by atoms with Crippen LogP contribution < -0.4 is 5.32 Å². The Kier molecular flexibility index (Phi) is 2.87. The molecule has 3 rings (SSSR count). The molecule has 3 aliphatic rings. The number of amides is 1. The first-order valence-corrected chi connectivity index (χ1v) is 6.89. The normalized spacial score (nSPS) is 32.8. The molecule has 1 atom stereocenters. The van der Waals surface area contributed by atoms with Crippen LogP contribution in [0, 0.1) is 11.3 Å². The minimum Gasteiger partial charge on any atom is -0.340 e. The summed E-state index contributed by atoms with van der Waals surface area (Å²) in [4.78, 5) is 16.8. The van der Waals surface area contributed by atoms with Gasteiger partial charge in [0.1, 0.15) is 0 Å². The molecule has 3 fully saturated rings. The monoisotopic (exact) mass is 237 g/mol. The quantitative estimate of drug-likeness (QED) is 0.705. The van der Waals surface area contributed by atoms with Crippen LogP contribution in [0.15, 0.2) is 0 Å². The maximum Gasteiger partial charge on any atom is 0.226 e. The Hall–Kier alpha value is -0.610. The van der Waals surface area contributed by atoms with Crippen LogP contribution in [-0.2, 0) is 4.79 Å². The smallest absolute Gasteiger partial charge is 0.226 e. The summed E-state index contributed by atoms with van der Waals surface area (Å²) in [5.41, 5.74) is 0.395. The van der Waals surface area contributed by atoms with Gasteiger partial charge in [-0.1, -0.05) is 0 Å². The van der Waals surface area contributed by atoms with Crippen LogP contribution in [0.3, 0.4) is 0 Å². The average Bonchev–Trinajstić information content (AvgIpc) is 3.04. The Morgan fingerprint density at radius 2 is 1.82 bits per heavy atom. The summed E-state index contributed by atoms with van der Waals surface area (Å²) in [6.45, 7) is 6.14. The summed E-state index contributed by atoms with van der Waals surface area (Å²) < 4.78 is 0. The number of nitrogens with one attached hydrogen (secondary N) is 1. The summed E-state index contributed by atoms with van der Waals surface area (Å²) >= 11 is 0. The molecule has 0 unspecified atom stereocenters. The van der Waals surface area contributed by atoms with Crippen molar-refractivity contribution in [2.24, 2.45) is 11.3 Å². The number of carbonyl (C=O) groups is 1. The molecule has 1 N–H and O–H groups in total. The molecule has 4 nitrogen and oxygen atoms in total. The van der Waals surface area contributed by atoms with Gasteiger partial charge in [-0.05, 0) is 44.8 Å². The molecule has 2 aliphatic heterocycles. The van der Waals surface area contributed by atoms with Crippen LogP contribution in [0.5, 0.6) is 0 Å². The highest BCUT2D eigenvalue weighted by Gasteiger charge is 2.58. The van der Waals surface area contributed by atoms with Gasteiger partial charge in [-0.15, -0.1) is 0 Å². The highest BCUT2D eigenvalue weighted by molar-refractivity contribution is 5.82. The van der Waals surface area contributed by atoms with Crippen molar-refractivity contribution in [1.29, 1.82) is 0 Å². The lowest BCUT2D eigenvalue weighted by molar-refractivity contribution is -0.135. The van der Waals surface area contributed by atoms with Gasteiger partial charge in [-0.3, -0.25) is 4.79 Å². The van der Waals surface area contributed by atoms with Crippen molar-refractivity contribution in [3.8, 4) is 0 Å². The Bertz CT molecular complexity index is 304. The zero-order valence-corrected chi connectivity index (χ0v) is 10.7. The van der Waals surface area contributed by atoms with Gasteiger partial charge < -0.3 is 15.1 Å². The van der Waals surface area contributed by atoms with Crippen molar-refractivity contribution in [3.05, 3.63) is 0 Å².